The number of fused-ring (bicyclic) bond motifs is 2. The number of imide groups is 2. The topological polar surface area (TPSA) is 74.8 Å². The Labute approximate surface area is 433 Å². The van der Waals surface area contributed by atoms with Crippen molar-refractivity contribution in [3.8, 4) is 45.9 Å². The van der Waals surface area contributed by atoms with Gasteiger partial charge in [-0.25, -0.2) is 0 Å². The molecule has 0 saturated heterocycles. The first-order chi connectivity index (χ1) is 36.3. The number of rotatable bonds is 16. The van der Waals surface area contributed by atoms with Crippen molar-refractivity contribution < 1.29 is 19.2 Å². The summed E-state index contributed by atoms with van der Waals surface area (Å²) in [6, 6.07) is 47.8. The fourth-order valence-electron chi connectivity index (χ4n) is 11.3. The van der Waals surface area contributed by atoms with Crippen LogP contribution in [0.1, 0.15) is 155 Å². The molecule has 0 N–H and O–H groups in total. The first-order valence-corrected chi connectivity index (χ1v) is 26.7. The second kappa shape index (κ2) is 21.0. The molecule has 0 atom stereocenters. The maximum absolute atomic E-state index is 15.1. The fraction of sp³-hybridized carbons (Fsp3) is 0.235. The van der Waals surface area contributed by atoms with Crippen LogP contribution < -0.4 is 0 Å². The van der Waals surface area contributed by atoms with E-state index in [9.17, 15) is 9.59 Å². The molecule has 0 fully saturated rings. The van der Waals surface area contributed by atoms with Crippen LogP contribution >= 0.6 is 0 Å². The first kappa shape index (κ1) is 48.0. The molecule has 2 aliphatic rings. The number of carbonyl (C=O) groups is 4. The number of unbranched alkanes of at least 4 members (excludes halogenated alkanes) is 10. The lowest BCUT2D eigenvalue weighted by Gasteiger charge is -2.32. The SMILES string of the molecule is CCCCCCCCN1C(=O)c2ccc3c4c(-c5ccc(C#Cc6ccccc6)cc5)cc5c6c(cc(-c7ccc(C#Cc8ccccc8)cc7)c(c7ccc(c2c37)C1=O)c64)C(=O)N(CCCCCCCC)C5=O. The lowest BCUT2D eigenvalue weighted by molar-refractivity contribution is 0.0592. The van der Waals surface area contributed by atoms with Crippen molar-refractivity contribution in [2.75, 3.05) is 13.1 Å². The van der Waals surface area contributed by atoms with E-state index in [0.717, 1.165) is 147 Å². The van der Waals surface area contributed by atoms with Gasteiger partial charge in [0.1, 0.15) is 0 Å². The van der Waals surface area contributed by atoms with Crippen molar-refractivity contribution in [3.63, 3.8) is 0 Å². The second-order valence-corrected chi connectivity index (χ2v) is 20.0. The van der Waals surface area contributed by atoms with E-state index < -0.39 is 0 Å². The first-order valence-electron chi connectivity index (χ1n) is 26.7. The summed E-state index contributed by atoms with van der Waals surface area (Å²) in [6.07, 6.45) is 12.4. The van der Waals surface area contributed by atoms with Gasteiger partial charge in [-0.2, -0.15) is 0 Å². The highest BCUT2D eigenvalue weighted by atomic mass is 16.2. The molecule has 9 aromatic rings. The predicted octanol–water partition coefficient (Wildman–Crippen LogP) is 15.8. The Kier molecular flexibility index (Phi) is 13.6. The lowest BCUT2D eigenvalue weighted by Crippen LogP contribution is -2.41. The molecule has 0 saturated carbocycles. The molecule has 0 radical (unpaired) electrons. The molecule has 2 aliphatic heterocycles. The van der Waals surface area contributed by atoms with E-state index in [1.807, 2.05) is 121 Å². The summed E-state index contributed by atoms with van der Waals surface area (Å²) in [7, 11) is 0. The van der Waals surface area contributed by atoms with Gasteiger partial charge >= 0.3 is 0 Å². The number of hydrogen-bond acceptors (Lipinski definition) is 4. The van der Waals surface area contributed by atoms with Crippen LogP contribution in [0.4, 0.5) is 0 Å². The van der Waals surface area contributed by atoms with E-state index in [4.69, 9.17) is 0 Å². The van der Waals surface area contributed by atoms with E-state index in [0.29, 0.717) is 46.1 Å². The molecule has 0 spiro atoms. The summed E-state index contributed by atoms with van der Waals surface area (Å²) < 4.78 is 0. The van der Waals surface area contributed by atoms with Crippen LogP contribution in [-0.4, -0.2) is 46.5 Å². The maximum atomic E-state index is 15.1. The Hall–Kier alpha value is -8.32. The molecule has 2 heterocycles. The average Bonchev–Trinajstić information content (AvgIpc) is 3.47. The van der Waals surface area contributed by atoms with Gasteiger partial charge in [0.25, 0.3) is 23.6 Å². The number of benzene rings is 9. The third-order valence-corrected chi connectivity index (χ3v) is 15.1. The molecule has 0 aliphatic carbocycles. The molecular weight excluding hydrogens is 909 g/mol. The van der Waals surface area contributed by atoms with Crippen LogP contribution in [0.3, 0.4) is 0 Å². The molecule has 0 aromatic heterocycles. The molecule has 11 rings (SSSR count). The highest BCUT2D eigenvalue weighted by molar-refractivity contribution is 6.44. The standard InChI is InChI=1S/C68H58N2O4/c1-3-5-7-9-11-19-41-69-65(71)53-39-37-51-59-52(38-40-54(62(53)59)66(69)72)61-56(50-35-31-48(32-36-50)28-26-46-23-17-14-18-24-46)44-58-63-57(67(73)70(68(58)74)42-20-12-10-8-6-4-2)43-55(60(51)64(61)63)49-33-29-47(30-34-49)27-25-45-21-15-13-16-22-45/h13-18,21-24,29-40,43-44H,3-12,19-20,41-42H2,1-2H3. The molecular formula is C68H58N2O4. The number of amides is 4. The van der Waals surface area contributed by atoms with Crippen LogP contribution in [-0.2, 0) is 0 Å². The van der Waals surface area contributed by atoms with E-state index >= 15 is 9.59 Å². The molecule has 4 amide bonds. The fourth-order valence-corrected chi connectivity index (χ4v) is 11.3. The Morgan fingerprint density at radius 2 is 0.662 bits per heavy atom. The number of carbonyl (C=O) groups excluding carboxylic acids is 4. The van der Waals surface area contributed by atoms with Crippen molar-refractivity contribution in [1.82, 2.24) is 9.80 Å². The second-order valence-electron chi connectivity index (χ2n) is 20.0. The Morgan fingerprint density at radius 1 is 0.311 bits per heavy atom. The van der Waals surface area contributed by atoms with E-state index in [2.05, 4.69) is 61.8 Å². The average molecular weight is 967 g/mol. The number of hydrogen-bond donors (Lipinski definition) is 0. The summed E-state index contributed by atoms with van der Waals surface area (Å²) in [5.41, 5.74) is 8.87. The molecule has 6 heteroatoms. The van der Waals surface area contributed by atoms with Gasteiger partial charge in [-0.15, -0.1) is 0 Å². The van der Waals surface area contributed by atoms with Crippen molar-refractivity contribution in [2.24, 2.45) is 0 Å². The van der Waals surface area contributed by atoms with Gasteiger partial charge in [-0.05, 0) is 135 Å². The largest absolute Gasteiger partial charge is 0.274 e. The zero-order chi connectivity index (χ0) is 50.7. The summed E-state index contributed by atoms with van der Waals surface area (Å²) >= 11 is 0. The minimum absolute atomic E-state index is 0.280. The van der Waals surface area contributed by atoms with Gasteiger partial charge in [0.05, 0.1) is 0 Å². The highest BCUT2D eigenvalue weighted by Crippen LogP contribution is 2.52. The summed E-state index contributed by atoms with van der Waals surface area (Å²) in [5, 5.41) is 6.28. The Balaban J connectivity index is 1.15. The third-order valence-electron chi connectivity index (χ3n) is 15.1. The van der Waals surface area contributed by atoms with Crippen LogP contribution in [0, 0.1) is 23.7 Å². The third kappa shape index (κ3) is 8.90. The van der Waals surface area contributed by atoms with Gasteiger partial charge in [0.15, 0.2) is 0 Å². The summed E-state index contributed by atoms with van der Waals surface area (Å²) in [6.45, 7) is 5.09. The monoisotopic (exact) mass is 966 g/mol. The Bertz CT molecular complexity index is 3550. The van der Waals surface area contributed by atoms with Gasteiger partial charge in [0, 0.05) is 73.8 Å². The van der Waals surface area contributed by atoms with Gasteiger partial charge < -0.3 is 0 Å². The minimum Gasteiger partial charge on any atom is -0.274 e. The molecule has 74 heavy (non-hydrogen) atoms. The highest BCUT2D eigenvalue weighted by Gasteiger charge is 2.38. The lowest BCUT2D eigenvalue weighted by atomic mass is 9.77. The smallest absolute Gasteiger partial charge is 0.261 e. The van der Waals surface area contributed by atoms with Crippen LogP contribution in [0.25, 0.3) is 65.3 Å². The van der Waals surface area contributed by atoms with E-state index in [1.54, 1.807) is 0 Å². The molecule has 0 bridgehead atoms. The predicted molar refractivity (Wildman–Crippen MR) is 301 cm³/mol. The summed E-state index contributed by atoms with van der Waals surface area (Å²) in [4.78, 5) is 62.5. The van der Waals surface area contributed by atoms with Crippen molar-refractivity contribution in [1.29, 1.82) is 0 Å². The minimum atomic E-state index is -0.299. The van der Waals surface area contributed by atoms with Crippen LogP contribution in [0.5, 0.6) is 0 Å². The van der Waals surface area contributed by atoms with Gasteiger partial charge in [0.2, 0.25) is 0 Å². The van der Waals surface area contributed by atoms with E-state index in [1.165, 1.54) is 16.2 Å². The van der Waals surface area contributed by atoms with Crippen LogP contribution in [0.15, 0.2) is 146 Å². The van der Waals surface area contributed by atoms with Gasteiger partial charge in [-0.1, -0.05) is 175 Å². The molecule has 6 nitrogen and oxygen atoms in total. The number of nitrogens with zero attached hydrogens (tertiary/aromatic N) is 2. The Morgan fingerprint density at radius 3 is 1.07 bits per heavy atom. The molecule has 0 unspecified atom stereocenters. The van der Waals surface area contributed by atoms with E-state index in [-0.39, 0.29) is 23.6 Å². The zero-order valence-electron chi connectivity index (χ0n) is 42.3. The van der Waals surface area contributed by atoms with Crippen LogP contribution in [0.2, 0.25) is 0 Å². The summed E-state index contributed by atoms with van der Waals surface area (Å²) in [5.74, 6) is 12.0. The maximum Gasteiger partial charge on any atom is 0.261 e. The van der Waals surface area contributed by atoms with Crippen molar-refractivity contribution in [3.05, 3.63) is 190 Å². The van der Waals surface area contributed by atoms with Crippen molar-refractivity contribution >= 4 is 66.7 Å². The molecule has 9 aromatic carbocycles. The van der Waals surface area contributed by atoms with Gasteiger partial charge in [-0.3, -0.25) is 29.0 Å². The zero-order valence-corrected chi connectivity index (χ0v) is 42.3. The quantitative estimate of drug-likeness (QED) is 0.0318. The normalized spacial score (nSPS) is 13.1. The van der Waals surface area contributed by atoms with Crippen molar-refractivity contribution in [2.45, 2.75) is 90.9 Å². The molecule has 364 valence electrons.